The zero-order chi connectivity index (χ0) is 14.5. The second-order valence-corrected chi connectivity index (χ2v) is 6.18. The number of carbonyl (C=O) groups excluding carboxylic acids is 1. The Kier molecular flexibility index (Phi) is 4.55. The molecule has 21 heavy (non-hydrogen) atoms. The summed E-state index contributed by atoms with van der Waals surface area (Å²) in [4.78, 5) is 19.0. The van der Waals surface area contributed by atoms with Crippen molar-refractivity contribution in [3.63, 3.8) is 0 Å². The number of nitrogens with zero attached hydrogens (tertiary/aromatic N) is 3. The number of nitrogens with one attached hydrogen (secondary N) is 1. The first-order valence-electron chi connectivity index (χ1n) is 7.20. The average molecular weight is 302 g/mol. The minimum absolute atomic E-state index is 0.169. The molecule has 1 N–H and O–H groups in total. The minimum atomic E-state index is -0.266. The molecular weight excluding hydrogens is 284 g/mol. The van der Waals surface area contributed by atoms with Crippen LogP contribution in [-0.2, 0) is 4.79 Å². The van der Waals surface area contributed by atoms with Crippen LogP contribution in [0.15, 0.2) is 41.8 Å². The van der Waals surface area contributed by atoms with Gasteiger partial charge < -0.3 is 4.90 Å². The summed E-state index contributed by atoms with van der Waals surface area (Å²) in [6, 6.07) is 9.89. The van der Waals surface area contributed by atoms with Crippen molar-refractivity contribution in [2.45, 2.75) is 29.7 Å². The first kappa shape index (κ1) is 14.1. The van der Waals surface area contributed by atoms with Crippen LogP contribution in [0.3, 0.4) is 0 Å². The monoisotopic (exact) mass is 302 g/mol. The zero-order valence-electron chi connectivity index (χ0n) is 11.7. The SMILES string of the molecule is O=C([C@@H](Sc1ncn[nH]1)c1ccccc1)N1CCCCC1. The van der Waals surface area contributed by atoms with E-state index in [9.17, 15) is 4.79 Å². The van der Waals surface area contributed by atoms with Gasteiger partial charge in [-0.2, -0.15) is 5.10 Å². The van der Waals surface area contributed by atoms with Crippen molar-refractivity contribution >= 4 is 17.7 Å². The lowest BCUT2D eigenvalue weighted by molar-refractivity contribution is -0.131. The maximum atomic E-state index is 12.9. The van der Waals surface area contributed by atoms with Crippen LogP contribution in [0.2, 0.25) is 0 Å². The van der Waals surface area contributed by atoms with E-state index in [1.807, 2.05) is 35.2 Å². The maximum Gasteiger partial charge on any atom is 0.240 e. The molecule has 1 atom stereocenters. The van der Waals surface area contributed by atoms with Crippen LogP contribution in [0.1, 0.15) is 30.1 Å². The van der Waals surface area contributed by atoms with Crippen molar-refractivity contribution in [1.29, 1.82) is 0 Å². The lowest BCUT2D eigenvalue weighted by atomic mass is 10.1. The molecule has 1 aromatic heterocycles. The summed E-state index contributed by atoms with van der Waals surface area (Å²) >= 11 is 1.43. The van der Waals surface area contributed by atoms with Gasteiger partial charge in [0.15, 0.2) is 5.16 Å². The van der Waals surface area contributed by atoms with E-state index in [0.717, 1.165) is 31.5 Å². The van der Waals surface area contributed by atoms with Gasteiger partial charge in [0.2, 0.25) is 5.91 Å². The molecule has 1 aromatic carbocycles. The van der Waals surface area contributed by atoms with Gasteiger partial charge in [0.25, 0.3) is 0 Å². The number of amides is 1. The van der Waals surface area contributed by atoms with Crippen LogP contribution in [0.5, 0.6) is 0 Å². The molecule has 1 amide bonds. The quantitative estimate of drug-likeness (QED) is 0.882. The molecule has 2 heterocycles. The van der Waals surface area contributed by atoms with Gasteiger partial charge in [0.1, 0.15) is 11.6 Å². The Balaban J connectivity index is 1.82. The fourth-order valence-electron chi connectivity index (χ4n) is 2.53. The molecule has 0 aliphatic carbocycles. The number of thioether (sulfide) groups is 1. The lowest BCUT2D eigenvalue weighted by Crippen LogP contribution is -2.38. The van der Waals surface area contributed by atoms with Gasteiger partial charge in [-0.3, -0.25) is 9.89 Å². The van der Waals surface area contributed by atoms with Gasteiger partial charge in [0.05, 0.1) is 0 Å². The highest BCUT2D eigenvalue weighted by Gasteiger charge is 2.28. The number of rotatable bonds is 4. The van der Waals surface area contributed by atoms with E-state index in [2.05, 4.69) is 15.2 Å². The third-order valence-electron chi connectivity index (χ3n) is 3.62. The predicted molar refractivity (Wildman–Crippen MR) is 81.9 cm³/mol. The van der Waals surface area contributed by atoms with E-state index < -0.39 is 0 Å². The van der Waals surface area contributed by atoms with Crippen LogP contribution in [0, 0.1) is 0 Å². The van der Waals surface area contributed by atoms with Gasteiger partial charge in [0, 0.05) is 13.1 Å². The van der Waals surface area contributed by atoms with Crippen LogP contribution in [-0.4, -0.2) is 39.1 Å². The molecule has 6 heteroatoms. The van der Waals surface area contributed by atoms with E-state index in [1.54, 1.807) is 0 Å². The number of hydrogen-bond acceptors (Lipinski definition) is 4. The Bertz CT molecular complexity index is 567. The summed E-state index contributed by atoms with van der Waals surface area (Å²) in [5.74, 6) is 0.169. The second kappa shape index (κ2) is 6.76. The molecule has 0 bridgehead atoms. The van der Waals surface area contributed by atoms with Crippen LogP contribution >= 0.6 is 11.8 Å². The largest absolute Gasteiger partial charge is 0.341 e. The summed E-state index contributed by atoms with van der Waals surface area (Å²) in [6.07, 6.45) is 4.88. The van der Waals surface area contributed by atoms with Crippen molar-refractivity contribution in [1.82, 2.24) is 20.1 Å². The van der Waals surface area contributed by atoms with E-state index in [0.29, 0.717) is 5.16 Å². The van der Waals surface area contributed by atoms with Gasteiger partial charge in [-0.25, -0.2) is 4.98 Å². The van der Waals surface area contributed by atoms with Crippen LogP contribution in [0.25, 0.3) is 0 Å². The number of hydrogen-bond donors (Lipinski definition) is 1. The highest BCUT2D eigenvalue weighted by Crippen LogP contribution is 2.35. The molecule has 0 saturated carbocycles. The molecule has 2 aromatic rings. The lowest BCUT2D eigenvalue weighted by Gasteiger charge is -2.30. The van der Waals surface area contributed by atoms with Crippen molar-refractivity contribution in [3.05, 3.63) is 42.2 Å². The van der Waals surface area contributed by atoms with Crippen LogP contribution in [0.4, 0.5) is 0 Å². The zero-order valence-corrected chi connectivity index (χ0v) is 12.6. The maximum absolute atomic E-state index is 12.9. The molecule has 0 unspecified atom stereocenters. The molecule has 1 aliphatic rings. The molecule has 1 saturated heterocycles. The van der Waals surface area contributed by atoms with Crippen LogP contribution < -0.4 is 0 Å². The first-order valence-corrected chi connectivity index (χ1v) is 8.08. The standard InChI is InChI=1S/C15H18N4OS/c20-14(19-9-5-2-6-10-19)13(12-7-3-1-4-8-12)21-15-16-11-17-18-15/h1,3-4,7-8,11,13H,2,5-6,9-10H2,(H,16,17,18)/t13-/m0/s1. The Morgan fingerprint density at radius 3 is 2.62 bits per heavy atom. The number of carbonyl (C=O) groups is 1. The van der Waals surface area contributed by atoms with Crippen molar-refractivity contribution in [3.8, 4) is 0 Å². The number of likely N-dealkylation sites (tertiary alicyclic amines) is 1. The Labute approximate surface area is 128 Å². The van der Waals surface area contributed by atoms with Gasteiger partial charge in [-0.05, 0) is 24.8 Å². The van der Waals surface area contributed by atoms with E-state index >= 15 is 0 Å². The number of benzene rings is 1. The molecule has 110 valence electrons. The van der Waals surface area contributed by atoms with Crippen molar-refractivity contribution < 1.29 is 4.79 Å². The smallest absolute Gasteiger partial charge is 0.240 e. The van der Waals surface area contributed by atoms with Crippen molar-refractivity contribution in [2.24, 2.45) is 0 Å². The third kappa shape index (κ3) is 3.44. The number of piperidine rings is 1. The summed E-state index contributed by atoms with van der Waals surface area (Å²) in [5, 5.41) is 7.09. The number of aromatic nitrogens is 3. The molecule has 5 nitrogen and oxygen atoms in total. The fraction of sp³-hybridized carbons (Fsp3) is 0.400. The highest BCUT2D eigenvalue weighted by molar-refractivity contribution is 8.00. The second-order valence-electron chi connectivity index (χ2n) is 5.09. The molecule has 1 aliphatic heterocycles. The van der Waals surface area contributed by atoms with E-state index in [4.69, 9.17) is 0 Å². The fourth-order valence-corrected chi connectivity index (χ4v) is 3.51. The molecule has 0 spiro atoms. The summed E-state index contributed by atoms with van der Waals surface area (Å²) in [6.45, 7) is 1.72. The molecular formula is C15H18N4OS. The number of aromatic amines is 1. The Morgan fingerprint density at radius 1 is 1.19 bits per heavy atom. The first-order chi connectivity index (χ1) is 10.3. The predicted octanol–water partition coefficient (Wildman–Crippen LogP) is 2.65. The van der Waals surface area contributed by atoms with Gasteiger partial charge in [-0.15, -0.1) is 0 Å². The van der Waals surface area contributed by atoms with Gasteiger partial charge >= 0.3 is 0 Å². The summed E-state index contributed by atoms with van der Waals surface area (Å²) < 4.78 is 0. The van der Waals surface area contributed by atoms with E-state index in [-0.39, 0.29) is 11.2 Å². The Morgan fingerprint density at radius 2 is 1.95 bits per heavy atom. The number of H-pyrrole nitrogens is 1. The molecule has 1 fully saturated rings. The highest BCUT2D eigenvalue weighted by atomic mass is 32.2. The van der Waals surface area contributed by atoms with Crippen molar-refractivity contribution in [2.75, 3.05) is 13.1 Å². The summed E-state index contributed by atoms with van der Waals surface area (Å²) in [5.41, 5.74) is 1.01. The molecule has 3 rings (SSSR count). The normalized spacial score (nSPS) is 16.7. The average Bonchev–Trinajstić information content (AvgIpc) is 3.07. The minimum Gasteiger partial charge on any atom is -0.341 e. The third-order valence-corrected chi connectivity index (χ3v) is 4.75. The topological polar surface area (TPSA) is 61.9 Å². The Hall–Kier alpha value is -1.82. The summed E-state index contributed by atoms with van der Waals surface area (Å²) in [7, 11) is 0. The van der Waals surface area contributed by atoms with E-state index in [1.165, 1.54) is 24.5 Å². The molecule has 0 radical (unpaired) electrons. The van der Waals surface area contributed by atoms with Gasteiger partial charge in [-0.1, -0.05) is 42.1 Å².